The van der Waals surface area contributed by atoms with Crippen molar-refractivity contribution in [1.29, 1.82) is 0 Å². The lowest BCUT2D eigenvalue weighted by molar-refractivity contribution is -0.132. The second-order valence-corrected chi connectivity index (χ2v) is 10.5. The van der Waals surface area contributed by atoms with E-state index in [0.717, 1.165) is 20.3 Å². The number of aryl methyl sites for hydroxylation is 2. The summed E-state index contributed by atoms with van der Waals surface area (Å²) in [6.45, 7) is 3.77. The van der Waals surface area contributed by atoms with Gasteiger partial charge in [0.1, 0.15) is 5.76 Å². The first-order valence-corrected chi connectivity index (χ1v) is 12.4. The molecule has 1 N–H and O–H groups in total. The van der Waals surface area contributed by atoms with Gasteiger partial charge in [-0.1, -0.05) is 68.7 Å². The van der Waals surface area contributed by atoms with E-state index in [0.29, 0.717) is 26.8 Å². The maximum atomic E-state index is 13.4. The van der Waals surface area contributed by atoms with Crippen LogP contribution < -0.4 is 4.90 Å². The van der Waals surface area contributed by atoms with Gasteiger partial charge in [-0.3, -0.25) is 14.5 Å². The Morgan fingerprint density at radius 2 is 1.79 bits per heavy atom. The van der Waals surface area contributed by atoms with Crippen molar-refractivity contribution in [2.45, 2.75) is 19.9 Å². The molecule has 4 aromatic rings. The van der Waals surface area contributed by atoms with Crippen molar-refractivity contribution in [2.24, 2.45) is 0 Å². The van der Waals surface area contributed by atoms with Crippen molar-refractivity contribution in [1.82, 2.24) is 4.98 Å². The number of ketones is 1. The minimum absolute atomic E-state index is 0.0401. The summed E-state index contributed by atoms with van der Waals surface area (Å²) in [6.07, 6.45) is 0. The van der Waals surface area contributed by atoms with E-state index in [2.05, 4.69) is 20.9 Å². The number of halogens is 2. The molecule has 170 valence electrons. The van der Waals surface area contributed by atoms with E-state index < -0.39 is 17.7 Å². The number of Topliss-reactive ketones (excluding diaryl/α,β-unsaturated/α-hetero) is 1. The zero-order chi connectivity index (χ0) is 24.1. The summed E-state index contributed by atoms with van der Waals surface area (Å²) in [5, 5.41) is 12.3. The molecule has 0 spiro atoms. The molecule has 8 heteroatoms. The summed E-state index contributed by atoms with van der Waals surface area (Å²) >= 11 is 10.8. The second kappa shape index (κ2) is 8.65. The van der Waals surface area contributed by atoms with Gasteiger partial charge in [0.05, 0.1) is 21.8 Å². The van der Waals surface area contributed by atoms with Crippen LogP contribution in [0, 0.1) is 13.8 Å². The van der Waals surface area contributed by atoms with E-state index >= 15 is 0 Å². The number of amides is 1. The lowest BCUT2D eigenvalue weighted by Crippen LogP contribution is -2.29. The second-order valence-electron chi connectivity index (χ2n) is 8.15. The molecule has 5 rings (SSSR count). The van der Waals surface area contributed by atoms with Gasteiger partial charge in [0.25, 0.3) is 5.78 Å². The summed E-state index contributed by atoms with van der Waals surface area (Å²) < 4.78 is 1.66. The molecule has 0 aliphatic carbocycles. The molecular formula is C26H18BrClN2O3S. The quantitative estimate of drug-likeness (QED) is 0.169. The molecule has 1 saturated heterocycles. The minimum atomic E-state index is -0.830. The highest BCUT2D eigenvalue weighted by molar-refractivity contribution is 9.10. The summed E-state index contributed by atoms with van der Waals surface area (Å²) in [5.74, 6) is -1.67. The minimum Gasteiger partial charge on any atom is -0.507 e. The predicted molar refractivity (Wildman–Crippen MR) is 139 cm³/mol. The summed E-state index contributed by atoms with van der Waals surface area (Å²) in [7, 11) is 0. The van der Waals surface area contributed by atoms with Crippen LogP contribution in [0.2, 0.25) is 5.02 Å². The van der Waals surface area contributed by atoms with Gasteiger partial charge in [0.15, 0.2) is 5.13 Å². The first kappa shape index (κ1) is 22.8. The first-order valence-electron chi connectivity index (χ1n) is 10.4. The number of aromatic nitrogens is 1. The molecule has 1 aliphatic rings. The lowest BCUT2D eigenvalue weighted by atomic mass is 9.93. The Kier molecular flexibility index (Phi) is 5.80. The number of benzene rings is 3. The van der Waals surface area contributed by atoms with Crippen LogP contribution in [0.4, 0.5) is 5.13 Å². The van der Waals surface area contributed by atoms with Crippen LogP contribution in [0.15, 0.2) is 70.7 Å². The van der Waals surface area contributed by atoms with Crippen molar-refractivity contribution in [3.63, 3.8) is 0 Å². The Morgan fingerprint density at radius 1 is 1.06 bits per heavy atom. The highest BCUT2D eigenvalue weighted by atomic mass is 79.9. The summed E-state index contributed by atoms with van der Waals surface area (Å²) in [4.78, 5) is 32.7. The largest absolute Gasteiger partial charge is 0.507 e. The molecule has 1 fully saturated rings. The zero-order valence-electron chi connectivity index (χ0n) is 18.2. The smallest absolute Gasteiger partial charge is 0.301 e. The SMILES string of the molecule is Cc1ccc(C)c(C(O)=C2C(=O)C(=O)N(c3nc4ccc(Cl)cc4s3)C2c2ccc(Br)cc2)c1. The van der Waals surface area contributed by atoms with Crippen molar-refractivity contribution >= 4 is 71.7 Å². The fourth-order valence-electron chi connectivity index (χ4n) is 4.12. The predicted octanol–water partition coefficient (Wildman–Crippen LogP) is 6.96. The highest BCUT2D eigenvalue weighted by Crippen LogP contribution is 2.45. The Bertz CT molecular complexity index is 1510. The van der Waals surface area contributed by atoms with Gasteiger partial charge in [-0.2, -0.15) is 0 Å². The zero-order valence-corrected chi connectivity index (χ0v) is 21.3. The molecule has 0 bridgehead atoms. The van der Waals surface area contributed by atoms with Gasteiger partial charge in [0.2, 0.25) is 0 Å². The number of thiazole rings is 1. The van der Waals surface area contributed by atoms with E-state index in [4.69, 9.17) is 11.6 Å². The molecule has 1 unspecified atom stereocenters. The van der Waals surface area contributed by atoms with Gasteiger partial charge in [0, 0.05) is 15.1 Å². The molecule has 3 aromatic carbocycles. The number of anilines is 1. The molecule has 0 saturated carbocycles. The summed E-state index contributed by atoms with van der Waals surface area (Å²) in [5.41, 5.74) is 3.67. The number of carbonyl (C=O) groups excluding carboxylic acids is 2. The molecule has 1 amide bonds. The van der Waals surface area contributed by atoms with Crippen LogP contribution in [-0.4, -0.2) is 21.8 Å². The normalized spacial score (nSPS) is 17.6. The van der Waals surface area contributed by atoms with Crippen LogP contribution in [0.3, 0.4) is 0 Å². The number of hydrogen-bond acceptors (Lipinski definition) is 5. The Morgan fingerprint density at radius 3 is 2.53 bits per heavy atom. The third kappa shape index (κ3) is 3.83. The molecule has 5 nitrogen and oxygen atoms in total. The van der Waals surface area contributed by atoms with E-state index in [1.807, 2.05) is 56.3 Å². The standard InChI is InChI=1S/C26H18BrClN2O3S/c1-13-3-4-14(2)18(11-13)23(31)21-22(15-5-7-16(27)8-6-15)30(25(33)24(21)32)26-29-19-10-9-17(28)12-20(19)34-26/h3-12,22,31H,1-2H3. The van der Waals surface area contributed by atoms with Crippen LogP contribution in [0.25, 0.3) is 16.0 Å². The average molecular weight is 554 g/mol. The van der Waals surface area contributed by atoms with E-state index in [-0.39, 0.29) is 11.3 Å². The van der Waals surface area contributed by atoms with Gasteiger partial charge < -0.3 is 5.11 Å². The molecule has 1 aliphatic heterocycles. The van der Waals surface area contributed by atoms with E-state index in [1.165, 1.54) is 16.2 Å². The number of rotatable bonds is 3. The fraction of sp³-hybridized carbons (Fsp3) is 0.115. The number of aliphatic hydroxyl groups is 1. The maximum absolute atomic E-state index is 13.4. The topological polar surface area (TPSA) is 70.5 Å². The van der Waals surface area contributed by atoms with Crippen LogP contribution >= 0.6 is 38.9 Å². The molecule has 1 aromatic heterocycles. The lowest BCUT2D eigenvalue weighted by Gasteiger charge is -2.23. The first-order chi connectivity index (χ1) is 16.2. The molecule has 1 atom stereocenters. The van der Waals surface area contributed by atoms with Gasteiger partial charge in [-0.25, -0.2) is 4.98 Å². The highest BCUT2D eigenvalue weighted by Gasteiger charge is 2.48. The van der Waals surface area contributed by atoms with Crippen molar-refractivity contribution in [3.8, 4) is 0 Å². The number of fused-ring (bicyclic) bond motifs is 1. The molecule has 34 heavy (non-hydrogen) atoms. The maximum Gasteiger partial charge on any atom is 0.301 e. The van der Waals surface area contributed by atoms with Crippen LogP contribution in [0.5, 0.6) is 0 Å². The monoisotopic (exact) mass is 552 g/mol. The number of hydrogen-bond donors (Lipinski definition) is 1. The Hall–Kier alpha value is -3.00. The Labute approximate surface area is 213 Å². The van der Waals surface area contributed by atoms with E-state index in [9.17, 15) is 14.7 Å². The average Bonchev–Trinajstić information content (AvgIpc) is 3.33. The van der Waals surface area contributed by atoms with Crippen LogP contribution in [0.1, 0.15) is 28.3 Å². The molecule has 2 heterocycles. The number of nitrogens with zero attached hydrogens (tertiary/aromatic N) is 2. The van der Waals surface area contributed by atoms with Crippen LogP contribution in [-0.2, 0) is 9.59 Å². The number of aliphatic hydroxyl groups excluding tert-OH is 1. The van der Waals surface area contributed by atoms with E-state index in [1.54, 1.807) is 18.2 Å². The third-order valence-electron chi connectivity index (χ3n) is 5.82. The van der Waals surface area contributed by atoms with Gasteiger partial charge in [-0.15, -0.1) is 0 Å². The molecular weight excluding hydrogens is 536 g/mol. The van der Waals surface area contributed by atoms with Crippen molar-refractivity contribution in [3.05, 3.63) is 98.0 Å². The van der Waals surface area contributed by atoms with Gasteiger partial charge >= 0.3 is 5.91 Å². The van der Waals surface area contributed by atoms with Crippen molar-refractivity contribution in [2.75, 3.05) is 4.90 Å². The molecule has 0 radical (unpaired) electrons. The number of carbonyl (C=O) groups is 2. The third-order valence-corrected chi connectivity index (χ3v) is 7.60. The fourth-order valence-corrected chi connectivity index (χ4v) is 5.65. The Balaban J connectivity index is 1.76. The van der Waals surface area contributed by atoms with Crippen molar-refractivity contribution < 1.29 is 14.7 Å². The van der Waals surface area contributed by atoms with Gasteiger partial charge in [-0.05, 0) is 61.4 Å². The summed E-state index contributed by atoms with van der Waals surface area (Å²) in [6, 6.07) is 17.4.